The van der Waals surface area contributed by atoms with E-state index in [-0.39, 0.29) is 16.5 Å². The summed E-state index contributed by atoms with van der Waals surface area (Å²) in [6, 6.07) is 5.06. The maximum Gasteiger partial charge on any atom is 0.249 e. The number of ether oxygens (including phenoxy) is 1. The summed E-state index contributed by atoms with van der Waals surface area (Å²) in [5, 5.41) is 11.3. The van der Waals surface area contributed by atoms with Crippen LogP contribution in [0.2, 0.25) is 5.02 Å². The third-order valence-electron chi connectivity index (χ3n) is 2.29. The Labute approximate surface area is 105 Å². The fraction of sp³-hybridized carbons (Fsp3) is 0.333. The maximum atomic E-state index is 10.8. The van der Waals surface area contributed by atoms with Crippen LogP contribution in [0.25, 0.3) is 6.08 Å². The van der Waals surface area contributed by atoms with Crippen molar-refractivity contribution in [3.63, 3.8) is 0 Å². The lowest BCUT2D eigenvalue weighted by Gasteiger charge is -2.05. The first-order valence-electron chi connectivity index (χ1n) is 5.15. The molecule has 0 unspecified atom stereocenters. The molecule has 0 N–H and O–H groups in total. The van der Waals surface area contributed by atoms with Crippen LogP contribution in [-0.2, 0) is 0 Å². The molecular formula is C12H14ClNO3. The number of methoxy groups -OCH3 is 1. The lowest BCUT2D eigenvalue weighted by Crippen LogP contribution is -2.05. The molecule has 0 saturated heterocycles. The molecule has 0 aliphatic heterocycles. The molecule has 1 rings (SSSR count). The first-order valence-corrected chi connectivity index (χ1v) is 5.53. The largest absolute Gasteiger partial charge is 0.495 e. The molecule has 0 fully saturated rings. The summed E-state index contributed by atoms with van der Waals surface area (Å²) in [5.41, 5.74) is 0.849. The number of hydrogen-bond donors (Lipinski definition) is 0. The molecule has 0 aliphatic rings. The zero-order valence-electron chi connectivity index (χ0n) is 9.94. The quantitative estimate of drug-likeness (QED) is 0.610. The van der Waals surface area contributed by atoms with Gasteiger partial charge in [0.05, 0.1) is 17.1 Å². The Bertz CT molecular complexity index is 455. The van der Waals surface area contributed by atoms with Crippen molar-refractivity contribution < 1.29 is 9.66 Å². The molecule has 0 saturated carbocycles. The standard InChI is InChI=1S/C12H14ClNO3/c1-8(2)11(14(15)16)7-9-4-5-12(17-3)10(13)6-9/h4-8H,1-3H3/b11-7-. The molecular weight excluding hydrogens is 242 g/mol. The van der Waals surface area contributed by atoms with Gasteiger partial charge in [0, 0.05) is 12.0 Å². The lowest BCUT2D eigenvalue weighted by atomic mass is 10.1. The highest BCUT2D eigenvalue weighted by atomic mass is 35.5. The summed E-state index contributed by atoms with van der Waals surface area (Å²) in [6.07, 6.45) is 1.52. The molecule has 0 heterocycles. The highest BCUT2D eigenvalue weighted by Gasteiger charge is 2.15. The molecule has 4 nitrogen and oxygen atoms in total. The maximum absolute atomic E-state index is 10.8. The average Bonchev–Trinajstić information content (AvgIpc) is 2.25. The molecule has 1 aromatic rings. The molecule has 0 aromatic heterocycles. The second-order valence-electron chi connectivity index (χ2n) is 3.87. The first-order chi connectivity index (χ1) is 7.95. The Morgan fingerprint density at radius 2 is 2.18 bits per heavy atom. The van der Waals surface area contributed by atoms with Crippen molar-refractivity contribution in [1.29, 1.82) is 0 Å². The molecule has 0 radical (unpaired) electrons. The van der Waals surface area contributed by atoms with E-state index in [1.165, 1.54) is 13.2 Å². The van der Waals surface area contributed by atoms with Crippen molar-refractivity contribution in [2.24, 2.45) is 5.92 Å². The van der Waals surface area contributed by atoms with Crippen LogP contribution in [0.5, 0.6) is 5.75 Å². The zero-order valence-corrected chi connectivity index (χ0v) is 10.7. The minimum Gasteiger partial charge on any atom is -0.495 e. The summed E-state index contributed by atoms with van der Waals surface area (Å²) < 4.78 is 5.01. The molecule has 17 heavy (non-hydrogen) atoms. The van der Waals surface area contributed by atoms with Gasteiger partial charge in [-0.15, -0.1) is 0 Å². The molecule has 0 bridgehead atoms. The van der Waals surface area contributed by atoms with Gasteiger partial charge in [-0.05, 0) is 17.7 Å². The summed E-state index contributed by atoms with van der Waals surface area (Å²) in [4.78, 5) is 10.5. The zero-order chi connectivity index (χ0) is 13.0. The van der Waals surface area contributed by atoms with E-state index in [0.29, 0.717) is 16.3 Å². The van der Waals surface area contributed by atoms with E-state index in [1.807, 2.05) is 0 Å². The SMILES string of the molecule is COc1ccc(/C=C(/C(C)C)[N+](=O)[O-])cc1Cl. The number of allylic oxidation sites excluding steroid dienone is 1. The number of nitrogens with zero attached hydrogens (tertiary/aromatic N) is 1. The third-order valence-corrected chi connectivity index (χ3v) is 2.59. The molecule has 5 heteroatoms. The third kappa shape index (κ3) is 3.46. The summed E-state index contributed by atoms with van der Waals surface area (Å²) >= 11 is 5.95. The summed E-state index contributed by atoms with van der Waals surface area (Å²) in [5.74, 6) is 0.405. The van der Waals surface area contributed by atoms with Crippen molar-refractivity contribution in [3.05, 3.63) is 44.6 Å². The Hall–Kier alpha value is -1.55. The van der Waals surface area contributed by atoms with Crippen LogP contribution in [0.3, 0.4) is 0 Å². The molecule has 0 atom stereocenters. The van der Waals surface area contributed by atoms with Gasteiger partial charge in [0.2, 0.25) is 5.70 Å². The van der Waals surface area contributed by atoms with Gasteiger partial charge in [0.1, 0.15) is 5.75 Å². The normalized spacial score (nSPS) is 11.7. The highest BCUT2D eigenvalue weighted by Crippen LogP contribution is 2.26. The summed E-state index contributed by atoms with van der Waals surface area (Å²) in [7, 11) is 1.52. The molecule has 0 spiro atoms. The van der Waals surface area contributed by atoms with Gasteiger partial charge in [0.15, 0.2) is 0 Å². The Morgan fingerprint density at radius 1 is 1.53 bits per heavy atom. The van der Waals surface area contributed by atoms with Crippen LogP contribution in [-0.4, -0.2) is 12.0 Å². The molecule has 92 valence electrons. The van der Waals surface area contributed by atoms with Crippen LogP contribution < -0.4 is 4.74 Å². The minimum absolute atomic E-state index is 0.147. The highest BCUT2D eigenvalue weighted by molar-refractivity contribution is 6.32. The van der Waals surface area contributed by atoms with Gasteiger partial charge in [-0.1, -0.05) is 31.5 Å². The van der Waals surface area contributed by atoms with Gasteiger partial charge in [-0.25, -0.2) is 0 Å². The van der Waals surface area contributed by atoms with E-state index in [1.54, 1.807) is 32.0 Å². The molecule has 0 aliphatic carbocycles. The van der Waals surface area contributed by atoms with Gasteiger partial charge >= 0.3 is 0 Å². The van der Waals surface area contributed by atoms with E-state index in [2.05, 4.69) is 0 Å². The Balaban J connectivity index is 3.12. The topological polar surface area (TPSA) is 52.4 Å². The summed E-state index contributed by atoms with van der Waals surface area (Å²) in [6.45, 7) is 3.56. The van der Waals surface area contributed by atoms with Crippen molar-refractivity contribution in [2.75, 3.05) is 7.11 Å². The van der Waals surface area contributed by atoms with Crippen LogP contribution >= 0.6 is 11.6 Å². The number of hydrogen-bond acceptors (Lipinski definition) is 3. The fourth-order valence-corrected chi connectivity index (χ4v) is 1.64. The van der Waals surface area contributed by atoms with Gasteiger partial charge in [-0.2, -0.15) is 0 Å². The first kappa shape index (κ1) is 13.5. The Kier molecular flexibility index (Phi) is 4.52. The van der Waals surface area contributed by atoms with Crippen LogP contribution in [0, 0.1) is 16.0 Å². The van der Waals surface area contributed by atoms with E-state index >= 15 is 0 Å². The number of benzene rings is 1. The smallest absolute Gasteiger partial charge is 0.249 e. The second kappa shape index (κ2) is 5.68. The van der Waals surface area contributed by atoms with E-state index < -0.39 is 0 Å². The van der Waals surface area contributed by atoms with Gasteiger partial charge in [0.25, 0.3) is 0 Å². The number of nitro groups is 1. The van der Waals surface area contributed by atoms with E-state index in [9.17, 15) is 10.1 Å². The number of rotatable bonds is 4. The van der Waals surface area contributed by atoms with Crippen molar-refractivity contribution in [1.82, 2.24) is 0 Å². The minimum atomic E-state index is -0.372. The van der Waals surface area contributed by atoms with Crippen molar-refractivity contribution in [2.45, 2.75) is 13.8 Å². The Morgan fingerprint density at radius 3 is 2.59 bits per heavy atom. The van der Waals surface area contributed by atoms with E-state index in [4.69, 9.17) is 16.3 Å². The van der Waals surface area contributed by atoms with Crippen LogP contribution in [0.4, 0.5) is 0 Å². The van der Waals surface area contributed by atoms with Crippen LogP contribution in [0.15, 0.2) is 23.9 Å². The van der Waals surface area contributed by atoms with Crippen LogP contribution in [0.1, 0.15) is 19.4 Å². The molecule has 0 amide bonds. The average molecular weight is 256 g/mol. The van der Waals surface area contributed by atoms with Crippen molar-refractivity contribution >= 4 is 17.7 Å². The predicted molar refractivity (Wildman–Crippen MR) is 67.8 cm³/mol. The second-order valence-corrected chi connectivity index (χ2v) is 4.28. The fourth-order valence-electron chi connectivity index (χ4n) is 1.37. The number of halogens is 1. The monoisotopic (exact) mass is 255 g/mol. The lowest BCUT2D eigenvalue weighted by molar-refractivity contribution is -0.431. The van der Waals surface area contributed by atoms with E-state index in [0.717, 1.165) is 0 Å². The van der Waals surface area contributed by atoms with Gasteiger partial charge < -0.3 is 4.74 Å². The van der Waals surface area contributed by atoms with Crippen molar-refractivity contribution in [3.8, 4) is 5.75 Å². The molecule has 1 aromatic carbocycles. The predicted octanol–water partition coefficient (Wildman–Crippen LogP) is 3.62. The van der Waals surface area contributed by atoms with Gasteiger partial charge in [-0.3, -0.25) is 10.1 Å².